The van der Waals surface area contributed by atoms with Crippen LogP contribution in [0, 0.1) is 0 Å². The van der Waals surface area contributed by atoms with Crippen molar-refractivity contribution in [2.75, 3.05) is 13.2 Å². The Morgan fingerprint density at radius 1 is 1.21 bits per heavy atom. The lowest BCUT2D eigenvalue weighted by molar-refractivity contribution is -0.0143. The van der Waals surface area contributed by atoms with Gasteiger partial charge in [0.25, 0.3) is 0 Å². The fourth-order valence-corrected chi connectivity index (χ4v) is 2.06. The van der Waals surface area contributed by atoms with E-state index in [9.17, 15) is 0 Å². The molecule has 0 aliphatic rings. The summed E-state index contributed by atoms with van der Waals surface area (Å²) in [6.45, 7) is 10.3. The van der Waals surface area contributed by atoms with Crippen LogP contribution in [0.1, 0.15) is 39.7 Å². The predicted molar refractivity (Wildman–Crippen MR) is 85.6 cm³/mol. The van der Waals surface area contributed by atoms with Crippen molar-refractivity contribution in [3.63, 3.8) is 0 Å². The Bertz CT molecular complexity index is 356. The summed E-state index contributed by atoms with van der Waals surface area (Å²) in [4.78, 5) is 0. The average molecular weight is 328 g/mol. The molecule has 1 unspecified atom stereocenters. The van der Waals surface area contributed by atoms with Crippen molar-refractivity contribution in [1.29, 1.82) is 0 Å². The Balaban J connectivity index is 2.55. The number of ether oxygens (including phenoxy) is 1. The van der Waals surface area contributed by atoms with Crippen LogP contribution in [0.2, 0.25) is 0 Å². The summed E-state index contributed by atoms with van der Waals surface area (Å²) in [7, 11) is 0. The van der Waals surface area contributed by atoms with Crippen LogP contribution >= 0.6 is 15.9 Å². The molecule has 0 fully saturated rings. The smallest absolute Gasteiger partial charge is 0.0629 e. The van der Waals surface area contributed by atoms with E-state index in [1.54, 1.807) is 0 Å². The van der Waals surface area contributed by atoms with Gasteiger partial charge in [0.05, 0.1) is 12.2 Å². The van der Waals surface area contributed by atoms with Gasteiger partial charge in [-0.05, 0) is 57.9 Å². The normalized spacial score (nSPS) is 13.5. The maximum absolute atomic E-state index is 5.91. The van der Waals surface area contributed by atoms with Crippen molar-refractivity contribution >= 4 is 15.9 Å². The average Bonchev–Trinajstić information content (AvgIpc) is 2.34. The first-order valence-electron chi connectivity index (χ1n) is 7.02. The van der Waals surface area contributed by atoms with Crippen LogP contribution in [-0.2, 0) is 11.2 Å². The van der Waals surface area contributed by atoms with Gasteiger partial charge in [-0.25, -0.2) is 0 Å². The standard InChI is InChI=1S/C16H26BrNO/c1-5-10-18-15(12-19-16(2,3)4)11-13-6-8-14(17)9-7-13/h6-9,15,18H,5,10-12H2,1-4H3. The fourth-order valence-electron chi connectivity index (χ4n) is 1.79. The molecule has 0 aromatic heterocycles. The minimum Gasteiger partial charge on any atom is -0.374 e. The highest BCUT2D eigenvalue weighted by atomic mass is 79.9. The highest BCUT2D eigenvalue weighted by Crippen LogP contribution is 2.13. The van der Waals surface area contributed by atoms with Crippen LogP contribution in [0.4, 0.5) is 0 Å². The number of nitrogens with one attached hydrogen (secondary N) is 1. The number of halogens is 1. The monoisotopic (exact) mass is 327 g/mol. The molecule has 19 heavy (non-hydrogen) atoms. The quantitative estimate of drug-likeness (QED) is 0.811. The van der Waals surface area contributed by atoms with E-state index in [0.29, 0.717) is 6.04 Å². The Morgan fingerprint density at radius 3 is 2.37 bits per heavy atom. The molecule has 0 saturated carbocycles. The summed E-state index contributed by atoms with van der Waals surface area (Å²) in [5.74, 6) is 0. The summed E-state index contributed by atoms with van der Waals surface area (Å²) >= 11 is 3.47. The molecule has 2 nitrogen and oxygen atoms in total. The van der Waals surface area contributed by atoms with Gasteiger partial charge < -0.3 is 10.1 Å². The highest BCUT2D eigenvalue weighted by Gasteiger charge is 2.15. The maximum atomic E-state index is 5.91. The van der Waals surface area contributed by atoms with Crippen molar-refractivity contribution < 1.29 is 4.74 Å². The van der Waals surface area contributed by atoms with Crippen LogP contribution in [0.25, 0.3) is 0 Å². The zero-order valence-corrected chi connectivity index (χ0v) is 14.1. The van der Waals surface area contributed by atoms with Gasteiger partial charge in [-0.1, -0.05) is 35.0 Å². The van der Waals surface area contributed by atoms with E-state index in [2.05, 4.69) is 73.2 Å². The lowest BCUT2D eigenvalue weighted by Crippen LogP contribution is -2.38. The SMILES string of the molecule is CCCNC(COC(C)(C)C)Cc1ccc(Br)cc1. The topological polar surface area (TPSA) is 21.3 Å². The van der Waals surface area contributed by atoms with Crippen molar-refractivity contribution in [2.24, 2.45) is 0 Å². The van der Waals surface area contributed by atoms with E-state index >= 15 is 0 Å². The lowest BCUT2D eigenvalue weighted by atomic mass is 10.1. The third kappa shape index (κ3) is 7.71. The molecule has 108 valence electrons. The first-order chi connectivity index (χ1) is 8.90. The largest absolute Gasteiger partial charge is 0.374 e. The molecule has 1 rings (SSSR count). The Kier molecular flexibility index (Phi) is 7.05. The van der Waals surface area contributed by atoms with Crippen molar-refractivity contribution in [3.8, 4) is 0 Å². The highest BCUT2D eigenvalue weighted by molar-refractivity contribution is 9.10. The van der Waals surface area contributed by atoms with Crippen LogP contribution in [-0.4, -0.2) is 24.8 Å². The fraction of sp³-hybridized carbons (Fsp3) is 0.625. The molecule has 0 amide bonds. The van der Waals surface area contributed by atoms with Crippen LogP contribution in [0.3, 0.4) is 0 Å². The second-order valence-electron chi connectivity index (χ2n) is 5.91. The van der Waals surface area contributed by atoms with Gasteiger partial charge in [-0.2, -0.15) is 0 Å². The number of hydrogen-bond acceptors (Lipinski definition) is 2. The molecule has 0 aliphatic heterocycles. The first kappa shape index (κ1) is 16.7. The predicted octanol–water partition coefficient (Wildman–Crippen LogP) is 4.17. The Morgan fingerprint density at radius 2 is 1.84 bits per heavy atom. The molecule has 1 aromatic rings. The zero-order chi connectivity index (χ0) is 14.3. The van der Waals surface area contributed by atoms with Crippen LogP contribution in [0.5, 0.6) is 0 Å². The summed E-state index contributed by atoms with van der Waals surface area (Å²) in [6.07, 6.45) is 2.15. The van der Waals surface area contributed by atoms with Crippen LogP contribution < -0.4 is 5.32 Å². The van der Waals surface area contributed by atoms with Gasteiger partial charge in [0.15, 0.2) is 0 Å². The molecule has 1 atom stereocenters. The lowest BCUT2D eigenvalue weighted by Gasteiger charge is -2.25. The summed E-state index contributed by atoms with van der Waals surface area (Å²) < 4.78 is 7.04. The Labute approximate surface area is 126 Å². The third-order valence-electron chi connectivity index (χ3n) is 2.80. The molecule has 1 aromatic carbocycles. The van der Waals surface area contributed by atoms with Gasteiger partial charge in [0.1, 0.15) is 0 Å². The maximum Gasteiger partial charge on any atom is 0.0629 e. The van der Waals surface area contributed by atoms with Gasteiger partial charge in [-0.3, -0.25) is 0 Å². The molecule has 0 heterocycles. The van der Waals surface area contributed by atoms with Gasteiger partial charge >= 0.3 is 0 Å². The minimum absolute atomic E-state index is 0.0775. The van der Waals surface area contributed by atoms with E-state index in [0.717, 1.165) is 30.5 Å². The second-order valence-corrected chi connectivity index (χ2v) is 6.82. The summed E-state index contributed by atoms with van der Waals surface area (Å²) in [6, 6.07) is 8.90. The molecular formula is C16H26BrNO. The number of hydrogen-bond donors (Lipinski definition) is 1. The van der Waals surface area contributed by atoms with Gasteiger partial charge in [0.2, 0.25) is 0 Å². The Hall–Kier alpha value is -0.380. The zero-order valence-electron chi connectivity index (χ0n) is 12.5. The second kappa shape index (κ2) is 8.03. The molecule has 0 bridgehead atoms. The van der Waals surface area contributed by atoms with Crippen molar-refractivity contribution in [1.82, 2.24) is 5.32 Å². The van der Waals surface area contributed by atoms with Crippen molar-refractivity contribution in [2.45, 2.75) is 52.2 Å². The van der Waals surface area contributed by atoms with Crippen molar-refractivity contribution in [3.05, 3.63) is 34.3 Å². The molecule has 0 saturated heterocycles. The molecule has 1 N–H and O–H groups in total. The van der Waals surface area contributed by atoms with E-state index in [-0.39, 0.29) is 5.60 Å². The van der Waals surface area contributed by atoms with Gasteiger partial charge in [-0.15, -0.1) is 0 Å². The molecule has 3 heteroatoms. The third-order valence-corrected chi connectivity index (χ3v) is 3.32. The summed E-state index contributed by atoms with van der Waals surface area (Å²) in [5.41, 5.74) is 1.26. The first-order valence-corrected chi connectivity index (χ1v) is 7.82. The van der Waals surface area contributed by atoms with Gasteiger partial charge in [0, 0.05) is 10.5 Å². The number of benzene rings is 1. The molecular weight excluding hydrogens is 302 g/mol. The van der Waals surface area contributed by atoms with E-state index in [4.69, 9.17) is 4.74 Å². The molecule has 0 spiro atoms. The van der Waals surface area contributed by atoms with E-state index in [1.807, 2.05) is 0 Å². The molecule has 0 radical (unpaired) electrons. The molecule has 0 aliphatic carbocycles. The van der Waals surface area contributed by atoms with E-state index < -0.39 is 0 Å². The van der Waals surface area contributed by atoms with E-state index in [1.165, 1.54) is 5.56 Å². The number of rotatable bonds is 7. The minimum atomic E-state index is -0.0775. The summed E-state index contributed by atoms with van der Waals surface area (Å²) in [5, 5.41) is 3.57. The van der Waals surface area contributed by atoms with Crippen LogP contribution in [0.15, 0.2) is 28.7 Å².